The van der Waals surface area contributed by atoms with E-state index in [4.69, 9.17) is 5.84 Å². The summed E-state index contributed by atoms with van der Waals surface area (Å²) in [5.41, 5.74) is 3.75. The van der Waals surface area contributed by atoms with Crippen LogP contribution >= 0.6 is 0 Å². The molecule has 0 bridgehead atoms. The molecule has 5 rings (SSSR count). The lowest BCUT2D eigenvalue weighted by Crippen LogP contribution is -2.67. The molecular weight excluding hydrogens is 436 g/mol. The van der Waals surface area contributed by atoms with Crippen LogP contribution in [0.2, 0.25) is 0 Å². The molecule has 0 saturated heterocycles. The molecule has 5 aliphatic rings. The van der Waals surface area contributed by atoms with Gasteiger partial charge in [0.15, 0.2) is 0 Å². The van der Waals surface area contributed by atoms with Crippen molar-refractivity contribution in [2.45, 2.75) is 118 Å². The van der Waals surface area contributed by atoms with Crippen molar-refractivity contribution in [2.24, 2.45) is 56.1 Å². The average molecular weight is 487 g/mol. The Bertz CT molecular complexity index is 942. The van der Waals surface area contributed by atoms with Crippen molar-refractivity contribution in [3.8, 4) is 0 Å². The molecule has 9 atom stereocenters. The van der Waals surface area contributed by atoms with Crippen molar-refractivity contribution in [1.82, 2.24) is 5.43 Å². The van der Waals surface area contributed by atoms with Crippen molar-refractivity contribution < 1.29 is 15.0 Å². The Morgan fingerprint density at radius 3 is 2.26 bits per heavy atom. The van der Waals surface area contributed by atoms with Gasteiger partial charge in [0.1, 0.15) is 0 Å². The minimum Gasteiger partial charge on any atom is -0.390 e. The van der Waals surface area contributed by atoms with E-state index in [1.807, 2.05) is 0 Å². The van der Waals surface area contributed by atoms with E-state index in [1.54, 1.807) is 0 Å². The molecule has 4 saturated carbocycles. The van der Waals surface area contributed by atoms with E-state index in [-0.39, 0.29) is 44.3 Å². The maximum atomic E-state index is 13.3. The fourth-order valence-corrected chi connectivity index (χ4v) is 10.9. The second-order valence-electron chi connectivity index (χ2n) is 15.4. The van der Waals surface area contributed by atoms with Gasteiger partial charge >= 0.3 is 0 Å². The van der Waals surface area contributed by atoms with E-state index in [0.29, 0.717) is 18.3 Å². The average Bonchev–Trinajstić information content (AvgIpc) is 2.77. The highest BCUT2D eigenvalue weighted by atomic mass is 16.3. The van der Waals surface area contributed by atoms with Crippen LogP contribution in [0.25, 0.3) is 0 Å². The summed E-state index contributed by atoms with van der Waals surface area (Å²) in [5.74, 6) is 6.91. The van der Waals surface area contributed by atoms with E-state index < -0.39 is 12.2 Å². The number of fused-ring (bicyclic) bond motifs is 7. The quantitative estimate of drug-likeness (QED) is 0.179. The van der Waals surface area contributed by atoms with Crippen LogP contribution in [-0.4, -0.2) is 28.3 Å². The maximum absolute atomic E-state index is 13.3. The Morgan fingerprint density at radius 1 is 0.943 bits per heavy atom. The molecule has 198 valence electrons. The zero-order valence-corrected chi connectivity index (χ0v) is 23.2. The van der Waals surface area contributed by atoms with Gasteiger partial charge in [-0.15, -0.1) is 0 Å². The topological polar surface area (TPSA) is 95.6 Å². The van der Waals surface area contributed by atoms with Gasteiger partial charge in [-0.2, -0.15) is 0 Å². The first-order chi connectivity index (χ1) is 16.1. The standard InChI is InChI=1S/C30H50N2O3/c1-25(2)12-14-30(24(35)32-31)15-13-28(6)18(19(30)16-25)8-9-22-27(5)17-20(33)23(34)26(3,4)21(27)10-11-29(22,28)7/h8,19-23,33-34H,9-17,31H2,1-7H3,(H,32,35)/t19-,20-,21-,22-,23-,27-,28+,29+,30+/m0/s1. The van der Waals surface area contributed by atoms with E-state index >= 15 is 0 Å². The van der Waals surface area contributed by atoms with Gasteiger partial charge in [0.05, 0.1) is 17.6 Å². The number of hydrogen-bond donors (Lipinski definition) is 4. The molecule has 0 spiro atoms. The summed E-state index contributed by atoms with van der Waals surface area (Å²) < 4.78 is 0. The van der Waals surface area contributed by atoms with E-state index in [0.717, 1.165) is 51.4 Å². The summed E-state index contributed by atoms with van der Waals surface area (Å²) in [7, 11) is 0. The van der Waals surface area contributed by atoms with Crippen molar-refractivity contribution in [2.75, 3.05) is 0 Å². The molecule has 0 aromatic carbocycles. The number of aliphatic hydroxyl groups excluding tert-OH is 2. The molecular formula is C30H50N2O3. The third kappa shape index (κ3) is 3.13. The minimum atomic E-state index is -0.668. The first-order valence-electron chi connectivity index (χ1n) is 14.2. The largest absolute Gasteiger partial charge is 0.390 e. The van der Waals surface area contributed by atoms with Gasteiger partial charge in [-0.1, -0.05) is 60.1 Å². The van der Waals surface area contributed by atoms with Crippen molar-refractivity contribution in [3.63, 3.8) is 0 Å². The van der Waals surface area contributed by atoms with Crippen LogP contribution in [0.1, 0.15) is 106 Å². The Hall–Kier alpha value is -0.910. The molecule has 0 unspecified atom stereocenters. The molecule has 0 heterocycles. The molecule has 5 aliphatic carbocycles. The molecule has 5 N–H and O–H groups in total. The zero-order valence-electron chi connectivity index (χ0n) is 23.2. The Kier molecular flexibility index (Phi) is 5.56. The number of amides is 1. The number of rotatable bonds is 1. The predicted molar refractivity (Wildman–Crippen MR) is 139 cm³/mol. The fraction of sp³-hybridized carbons (Fsp3) is 0.900. The number of allylic oxidation sites excluding steroid dienone is 2. The highest BCUT2D eigenvalue weighted by Crippen LogP contribution is 2.75. The number of aliphatic hydroxyl groups is 2. The highest BCUT2D eigenvalue weighted by molar-refractivity contribution is 5.83. The maximum Gasteiger partial charge on any atom is 0.240 e. The van der Waals surface area contributed by atoms with Crippen LogP contribution in [0.3, 0.4) is 0 Å². The van der Waals surface area contributed by atoms with E-state index in [1.165, 1.54) is 5.57 Å². The van der Waals surface area contributed by atoms with Gasteiger partial charge in [0.25, 0.3) is 0 Å². The number of hydrazine groups is 1. The SMILES string of the molecule is CC1(C)CC[C@@]2(C(=O)NN)CC[C@]3(C)C(=CC[C@H]4[C@@]5(C)C[C@H](O)[C@H](O)C(C)(C)[C@@H]5CC[C@]43C)[C@@H]2C1. The summed E-state index contributed by atoms with van der Waals surface area (Å²) in [6, 6.07) is 0. The van der Waals surface area contributed by atoms with Gasteiger partial charge in [-0.25, -0.2) is 5.84 Å². The van der Waals surface area contributed by atoms with Crippen LogP contribution in [0, 0.1) is 50.2 Å². The molecule has 0 radical (unpaired) electrons. The van der Waals surface area contributed by atoms with Gasteiger partial charge in [0, 0.05) is 0 Å². The van der Waals surface area contributed by atoms with Crippen LogP contribution in [0.15, 0.2) is 11.6 Å². The van der Waals surface area contributed by atoms with Crippen LogP contribution < -0.4 is 11.3 Å². The monoisotopic (exact) mass is 486 g/mol. The van der Waals surface area contributed by atoms with Crippen LogP contribution in [-0.2, 0) is 4.79 Å². The number of nitrogens with one attached hydrogen (secondary N) is 1. The number of hydrogen-bond acceptors (Lipinski definition) is 4. The summed E-state index contributed by atoms with van der Waals surface area (Å²) in [4.78, 5) is 13.3. The first-order valence-corrected chi connectivity index (χ1v) is 14.2. The minimum absolute atomic E-state index is 0.0187. The summed E-state index contributed by atoms with van der Waals surface area (Å²) in [6.45, 7) is 16.5. The lowest BCUT2D eigenvalue weighted by Gasteiger charge is -2.71. The van der Waals surface area contributed by atoms with Gasteiger partial charge in [0.2, 0.25) is 5.91 Å². The number of nitrogens with two attached hydrogens (primary N) is 1. The Balaban J connectivity index is 1.61. The molecule has 0 aromatic rings. The summed E-state index contributed by atoms with van der Waals surface area (Å²) in [6.07, 6.45) is 10.1. The smallest absolute Gasteiger partial charge is 0.240 e. The van der Waals surface area contributed by atoms with E-state index in [9.17, 15) is 15.0 Å². The van der Waals surface area contributed by atoms with Crippen molar-refractivity contribution in [3.05, 3.63) is 11.6 Å². The second kappa shape index (κ2) is 7.57. The third-order valence-corrected chi connectivity index (χ3v) is 13.2. The van der Waals surface area contributed by atoms with Crippen molar-refractivity contribution in [1.29, 1.82) is 0 Å². The number of carbonyl (C=O) groups is 1. The zero-order chi connectivity index (χ0) is 25.8. The lowest BCUT2D eigenvalue weighted by molar-refractivity contribution is -0.231. The van der Waals surface area contributed by atoms with Crippen molar-refractivity contribution >= 4 is 5.91 Å². The molecule has 5 nitrogen and oxygen atoms in total. The molecule has 5 heteroatoms. The van der Waals surface area contributed by atoms with Crippen LogP contribution in [0.4, 0.5) is 0 Å². The van der Waals surface area contributed by atoms with Gasteiger partial charge < -0.3 is 10.2 Å². The molecule has 35 heavy (non-hydrogen) atoms. The Labute approximate surface area is 212 Å². The van der Waals surface area contributed by atoms with Crippen LogP contribution in [0.5, 0.6) is 0 Å². The predicted octanol–water partition coefficient (Wildman–Crippen LogP) is 5.11. The molecule has 0 aliphatic heterocycles. The first kappa shape index (κ1) is 25.7. The van der Waals surface area contributed by atoms with Gasteiger partial charge in [-0.05, 0) is 103 Å². The normalized spacial score (nSPS) is 52.2. The molecule has 1 amide bonds. The number of carbonyl (C=O) groups excluding carboxylic acids is 1. The molecule has 0 aromatic heterocycles. The van der Waals surface area contributed by atoms with Gasteiger partial charge in [-0.3, -0.25) is 10.2 Å². The summed E-state index contributed by atoms with van der Waals surface area (Å²) >= 11 is 0. The summed E-state index contributed by atoms with van der Waals surface area (Å²) in [5, 5.41) is 21.9. The molecule has 4 fully saturated rings. The lowest BCUT2D eigenvalue weighted by atomic mass is 9.33. The fourth-order valence-electron chi connectivity index (χ4n) is 10.9. The third-order valence-electron chi connectivity index (χ3n) is 13.2. The second-order valence-corrected chi connectivity index (χ2v) is 15.4. The van der Waals surface area contributed by atoms with E-state index in [2.05, 4.69) is 60.0 Å². The Morgan fingerprint density at radius 2 is 1.60 bits per heavy atom. The highest BCUT2D eigenvalue weighted by Gasteiger charge is 2.69.